The molecule has 0 nitrogen and oxygen atoms in total. The van der Waals surface area contributed by atoms with Gasteiger partial charge in [0.15, 0.2) is 0 Å². The fourth-order valence-electron chi connectivity index (χ4n) is 3.14. The minimum absolute atomic E-state index is 1.05. The van der Waals surface area contributed by atoms with E-state index in [1.54, 1.807) is 0 Å². The summed E-state index contributed by atoms with van der Waals surface area (Å²) in [5.74, 6) is 0. The van der Waals surface area contributed by atoms with Gasteiger partial charge in [0.2, 0.25) is 0 Å². The van der Waals surface area contributed by atoms with E-state index in [0.717, 1.165) is 6.42 Å². The molecule has 0 unspecified atom stereocenters. The summed E-state index contributed by atoms with van der Waals surface area (Å²) < 4.78 is 0. The van der Waals surface area contributed by atoms with Crippen LogP contribution in [0.1, 0.15) is 27.8 Å². The molecule has 0 N–H and O–H groups in total. The molecule has 3 aromatic carbocycles. The van der Waals surface area contributed by atoms with Gasteiger partial charge < -0.3 is 0 Å². The van der Waals surface area contributed by atoms with Crippen molar-refractivity contribution >= 4 is 10.8 Å². The highest BCUT2D eigenvalue weighted by Crippen LogP contribution is 2.35. The number of hydrogen-bond donors (Lipinski definition) is 0. The minimum atomic E-state index is 1.05. The normalized spacial score (nSPS) is 12.7. The molecule has 4 rings (SSSR count). The standard InChI is InChI=1S/C19H15/c1-13-10-16-8-4-5-9-17(16)19-12-15-7-3-2-6-14(15)11-18(13)19/h2-10,12H,11H2,1H3/q+1. The average Bonchev–Trinajstić information content (AvgIpc) is 2.46. The first-order valence-electron chi connectivity index (χ1n) is 6.77. The number of aryl methyl sites for hydroxylation is 1. The third-order valence-electron chi connectivity index (χ3n) is 4.15. The maximum Gasteiger partial charge on any atom is 0.0849 e. The Morgan fingerprint density at radius 1 is 0.947 bits per heavy atom. The van der Waals surface area contributed by atoms with E-state index in [9.17, 15) is 0 Å². The van der Waals surface area contributed by atoms with Crippen LogP contribution in [0.15, 0.2) is 54.6 Å². The Morgan fingerprint density at radius 3 is 2.68 bits per heavy atom. The predicted octanol–water partition coefficient (Wildman–Crippen LogP) is 4.65. The van der Waals surface area contributed by atoms with E-state index in [-0.39, 0.29) is 0 Å². The Labute approximate surface area is 113 Å². The monoisotopic (exact) mass is 243 g/mol. The molecule has 0 spiro atoms. The Balaban J connectivity index is 2.02. The fraction of sp³-hybridized carbons (Fsp3) is 0.105. The quantitative estimate of drug-likeness (QED) is 0.394. The lowest BCUT2D eigenvalue weighted by atomic mass is 9.81. The molecule has 0 aliphatic heterocycles. The van der Waals surface area contributed by atoms with Crippen molar-refractivity contribution in [1.29, 1.82) is 0 Å². The van der Waals surface area contributed by atoms with Crippen LogP contribution in [0.3, 0.4) is 0 Å². The van der Waals surface area contributed by atoms with Crippen LogP contribution >= 0.6 is 0 Å². The zero-order chi connectivity index (χ0) is 12.8. The van der Waals surface area contributed by atoms with E-state index < -0.39 is 0 Å². The summed E-state index contributed by atoms with van der Waals surface area (Å²) in [5.41, 5.74) is 7.10. The molecule has 0 fully saturated rings. The van der Waals surface area contributed by atoms with E-state index in [0.29, 0.717) is 0 Å². The summed E-state index contributed by atoms with van der Waals surface area (Å²) in [4.78, 5) is 0. The van der Waals surface area contributed by atoms with Gasteiger partial charge in [0, 0.05) is 29.0 Å². The second-order valence-corrected chi connectivity index (χ2v) is 5.33. The second kappa shape index (κ2) is 3.89. The first-order chi connectivity index (χ1) is 9.33. The summed E-state index contributed by atoms with van der Waals surface area (Å²) in [6.45, 7) is 2.23. The molecule has 1 aliphatic rings. The van der Waals surface area contributed by atoms with Gasteiger partial charge in [-0.3, -0.25) is 0 Å². The summed E-state index contributed by atoms with van der Waals surface area (Å²) >= 11 is 0. The van der Waals surface area contributed by atoms with Gasteiger partial charge >= 0.3 is 0 Å². The average molecular weight is 243 g/mol. The topological polar surface area (TPSA) is 0 Å². The Kier molecular flexibility index (Phi) is 2.19. The van der Waals surface area contributed by atoms with Crippen LogP contribution in [0, 0.1) is 13.3 Å². The lowest BCUT2D eigenvalue weighted by molar-refractivity contribution is 1.08. The molecular formula is C19H15+. The number of fused-ring (bicyclic) bond motifs is 4. The van der Waals surface area contributed by atoms with Gasteiger partial charge in [-0.2, -0.15) is 0 Å². The van der Waals surface area contributed by atoms with Crippen molar-refractivity contribution in [2.45, 2.75) is 13.3 Å². The summed E-state index contributed by atoms with van der Waals surface area (Å²) in [6.07, 6.45) is 3.40. The van der Waals surface area contributed by atoms with E-state index in [1.165, 1.54) is 38.6 Å². The molecule has 0 heteroatoms. The zero-order valence-electron chi connectivity index (χ0n) is 11.0. The van der Waals surface area contributed by atoms with Gasteiger partial charge in [0.05, 0.1) is 22.9 Å². The Morgan fingerprint density at radius 2 is 1.74 bits per heavy atom. The van der Waals surface area contributed by atoms with Crippen molar-refractivity contribution in [2.24, 2.45) is 0 Å². The van der Waals surface area contributed by atoms with E-state index in [2.05, 4.69) is 67.9 Å². The zero-order valence-corrected chi connectivity index (χ0v) is 11.0. The molecule has 0 aromatic heterocycles. The smallest absolute Gasteiger partial charge is 0.0602 e. The van der Waals surface area contributed by atoms with Crippen molar-refractivity contribution in [3.05, 3.63) is 88.8 Å². The molecular weight excluding hydrogens is 228 g/mol. The largest absolute Gasteiger partial charge is 0.0849 e. The molecule has 3 aromatic rings. The molecule has 0 radical (unpaired) electrons. The van der Waals surface area contributed by atoms with Gasteiger partial charge in [0.25, 0.3) is 0 Å². The third-order valence-corrected chi connectivity index (χ3v) is 4.15. The molecule has 0 amide bonds. The second-order valence-electron chi connectivity index (χ2n) is 5.33. The van der Waals surface area contributed by atoms with E-state index >= 15 is 0 Å². The van der Waals surface area contributed by atoms with Crippen molar-refractivity contribution in [2.75, 3.05) is 0 Å². The highest BCUT2D eigenvalue weighted by Gasteiger charge is 2.25. The van der Waals surface area contributed by atoms with Gasteiger partial charge in [-0.05, 0) is 48.9 Å². The van der Waals surface area contributed by atoms with Crippen LogP contribution in [0.4, 0.5) is 0 Å². The molecule has 0 heterocycles. The van der Waals surface area contributed by atoms with Crippen molar-refractivity contribution < 1.29 is 0 Å². The SMILES string of the molecule is Cc1cc2ccccc2c2c1Cc1ccccc1[CH+]2. The summed E-state index contributed by atoms with van der Waals surface area (Å²) in [5, 5.41) is 2.71. The first-order valence-corrected chi connectivity index (χ1v) is 6.77. The van der Waals surface area contributed by atoms with Gasteiger partial charge in [-0.1, -0.05) is 12.1 Å². The lowest BCUT2D eigenvalue weighted by Crippen LogP contribution is -2.08. The molecule has 90 valence electrons. The maximum atomic E-state index is 2.35. The predicted molar refractivity (Wildman–Crippen MR) is 80.4 cm³/mol. The summed E-state index contributed by atoms with van der Waals surface area (Å²) in [7, 11) is 0. The molecule has 1 aliphatic carbocycles. The Bertz CT molecular complexity index is 781. The molecule has 0 bridgehead atoms. The molecule has 0 saturated carbocycles. The highest BCUT2D eigenvalue weighted by molar-refractivity contribution is 5.90. The lowest BCUT2D eigenvalue weighted by Gasteiger charge is -2.16. The van der Waals surface area contributed by atoms with Crippen molar-refractivity contribution in [3.8, 4) is 0 Å². The first kappa shape index (κ1) is 10.7. The van der Waals surface area contributed by atoms with Crippen LogP contribution in [0.25, 0.3) is 10.8 Å². The van der Waals surface area contributed by atoms with Gasteiger partial charge in [0.1, 0.15) is 0 Å². The van der Waals surface area contributed by atoms with E-state index in [4.69, 9.17) is 0 Å². The number of hydrogen-bond acceptors (Lipinski definition) is 0. The minimum Gasteiger partial charge on any atom is -0.0602 e. The molecule has 0 saturated heterocycles. The van der Waals surface area contributed by atoms with Crippen molar-refractivity contribution in [1.82, 2.24) is 0 Å². The number of rotatable bonds is 0. The van der Waals surface area contributed by atoms with Crippen LogP contribution in [0.5, 0.6) is 0 Å². The Hall–Kier alpha value is -2.21. The van der Waals surface area contributed by atoms with Gasteiger partial charge in [-0.25, -0.2) is 0 Å². The number of benzene rings is 3. The van der Waals surface area contributed by atoms with Crippen LogP contribution in [-0.2, 0) is 6.42 Å². The fourth-order valence-corrected chi connectivity index (χ4v) is 3.14. The van der Waals surface area contributed by atoms with Gasteiger partial charge in [-0.15, -0.1) is 0 Å². The highest BCUT2D eigenvalue weighted by atomic mass is 14.2. The van der Waals surface area contributed by atoms with Crippen LogP contribution in [0.2, 0.25) is 0 Å². The van der Waals surface area contributed by atoms with Crippen LogP contribution < -0.4 is 0 Å². The molecule has 0 atom stereocenters. The third kappa shape index (κ3) is 1.57. The summed E-state index contributed by atoms with van der Waals surface area (Å²) in [6, 6.07) is 19.7. The van der Waals surface area contributed by atoms with Crippen molar-refractivity contribution in [3.63, 3.8) is 0 Å². The van der Waals surface area contributed by atoms with Crippen LogP contribution in [-0.4, -0.2) is 0 Å². The maximum absolute atomic E-state index is 2.35. The van der Waals surface area contributed by atoms with E-state index in [1.807, 2.05) is 0 Å². The molecule has 19 heavy (non-hydrogen) atoms.